The number of likely N-dealkylation sites (tertiary alicyclic amines) is 2. The lowest BCUT2D eigenvalue weighted by atomic mass is 9.85. The highest BCUT2D eigenvalue weighted by atomic mass is 35.5. The van der Waals surface area contributed by atoms with Gasteiger partial charge in [-0.15, -0.1) is 0 Å². The second-order valence-corrected chi connectivity index (χ2v) is 19.3. The van der Waals surface area contributed by atoms with E-state index in [4.69, 9.17) is 49.2 Å². The molecule has 0 bridgehead atoms. The summed E-state index contributed by atoms with van der Waals surface area (Å²) in [7, 11) is 3.37. The van der Waals surface area contributed by atoms with E-state index in [9.17, 15) is 24.0 Å². The van der Waals surface area contributed by atoms with Gasteiger partial charge in [0.25, 0.3) is 0 Å². The van der Waals surface area contributed by atoms with Gasteiger partial charge in [-0.05, 0) is 114 Å². The number of halogens is 1. The molecule has 5 rings (SSSR count). The second kappa shape index (κ2) is 20.2. The number of piperidine rings is 2. The van der Waals surface area contributed by atoms with Gasteiger partial charge in [0.05, 0.1) is 17.7 Å². The lowest BCUT2D eigenvalue weighted by Gasteiger charge is -2.39. The smallest absolute Gasteiger partial charge is 0.455 e. The Morgan fingerprint density at radius 3 is 2.16 bits per heavy atom. The van der Waals surface area contributed by atoms with Crippen molar-refractivity contribution in [3.63, 3.8) is 0 Å². The summed E-state index contributed by atoms with van der Waals surface area (Å²) in [5.74, 6) is -1.15. The van der Waals surface area contributed by atoms with Crippen LogP contribution in [0.3, 0.4) is 0 Å². The van der Waals surface area contributed by atoms with Crippen molar-refractivity contribution in [2.75, 3.05) is 53.5 Å². The van der Waals surface area contributed by atoms with Gasteiger partial charge in [-0.1, -0.05) is 23.7 Å². The molecule has 1 unspecified atom stereocenters. The third kappa shape index (κ3) is 13.5. The van der Waals surface area contributed by atoms with Crippen LogP contribution in [0.2, 0.25) is 5.02 Å². The molecular weight excluding hydrogens is 838 g/mol. The van der Waals surface area contributed by atoms with E-state index >= 15 is 0 Å². The molecule has 0 radical (unpaired) electrons. The van der Waals surface area contributed by atoms with Crippen LogP contribution in [0.15, 0.2) is 45.6 Å². The minimum absolute atomic E-state index is 0.0654. The molecule has 0 N–H and O–H groups in total. The number of nitrogens with zero attached hydrogens (tertiary/aromatic N) is 3. The SMILES string of the molecule is COCCN(CC1CCCCN1C(=O)OC(C)(C)C)C(=O)Oc1cc(OC(=O)OC(C)(C)C)c2c(=O)cc(-c3ccccc3Cl)oc2c1[C@H]1CCN(C)C[C@H]1OC(=O)OC(C)(C)C. The average molecular weight is 900 g/mol. The summed E-state index contributed by atoms with van der Waals surface area (Å²) >= 11 is 6.64. The second-order valence-electron chi connectivity index (χ2n) is 18.9. The summed E-state index contributed by atoms with van der Waals surface area (Å²) in [6.07, 6.45) is -1.79. The first-order valence-corrected chi connectivity index (χ1v) is 21.6. The molecule has 1 aromatic heterocycles. The first-order chi connectivity index (χ1) is 29.4. The van der Waals surface area contributed by atoms with Crippen LogP contribution < -0.4 is 14.9 Å². The third-order valence-electron chi connectivity index (χ3n) is 10.2. The minimum Gasteiger partial charge on any atom is -0.455 e. The standard InChI is InChI=1S/C46H62ClN3O13/c1-44(2,3)61-41(53)50-20-15-14-16-28(50)26-49(22-23-56-11)40(52)58-34-25-35(59-42(54)62-45(4,5)6)38-32(51)24-33(29-17-12-13-18-31(29)47)57-39(38)37(34)30-19-21-48(10)27-36(30)60-43(55)63-46(7,8)9/h12-13,17-18,24-25,28,30,36H,14-16,19-23,26-27H2,1-11H3/t28?,30-,36+/m0/s1. The Kier molecular flexibility index (Phi) is 15.7. The average Bonchev–Trinajstić information content (AvgIpc) is 3.15. The third-order valence-corrected chi connectivity index (χ3v) is 10.5. The number of likely N-dealkylation sites (N-methyl/N-ethyl adjacent to an activating group) is 1. The van der Waals surface area contributed by atoms with Crippen molar-refractivity contribution in [1.29, 1.82) is 0 Å². The highest BCUT2D eigenvalue weighted by molar-refractivity contribution is 6.33. The van der Waals surface area contributed by atoms with Crippen LogP contribution in [0.25, 0.3) is 22.3 Å². The van der Waals surface area contributed by atoms with Crippen molar-refractivity contribution in [3.05, 3.63) is 57.2 Å². The van der Waals surface area contributed by atoms with Crippen LogP contribution in [0.1, 0.15) is 99.5 Å². The van der Waals surface area contributed by atoms with Gasteiger partial charge < -0.3 is 52.3 Å². The number of fused-ring (bicyclic) bond motifs is 1. The van der Waals surface area contributed by atoms with E-state index < -0.39 is 64.8 Å². The first kappa shape index (κ1) is 49.0. The summed E-state index contributed by atoms with van der Waals surface area (Å²) in [6, 6.07) is 8.87. The van der Waals surface area contributed by atoms with E-state index in [2.05, 4.69) is 0 Å². The maximum atomic E-state index is 14.7. The quantitative estimate of drug-likeness (QED) is 0.107. The van der Waals surface area contributed by atoms with Gasteiger partial charge in [0.1, 0.15) is 45.4 Å². The maximum Gasteiger partial charge on any atom is 0.514 e. The summed E-state index contributed by atoms with van der Waals surface area (Å²) in [5.41, 5.74) is -2.71. The van der Waals surface area contributed by atoms with Gasteiger partial charge in [-0.2, -0.15) is 0 Å². The number of benzene rings is 2. The Balaban J connectivity index is 1.72. The molecule has 2 aliphatic heterocycles. The van der Waals surface area contributed by atoms with Crippen molar-refractivity contribution >= 4 is 47.1 Å². The Bertz CT molecular complexity index is 2190. The zero-order valence-electron chi connectivity index (χ0n) is 38.3. The fourth-order valence-corrected chi connectivity index (χ4v) is 7.74. The molecule has 346 valence electrons. The van der Waals surface area contributed by atoms with Gasteiger partial charge in [-0.3, -0.25) is 4.79 Å². The lowest BCUT2D eigenvalue weighted by molar-refractivity contribution is -0.0461. The number of ether oxygens (including phenoxy) is 7. The summed E-state index contributed by atoms with van der Waals surface area (Å²) in [5, 5.41) is 0.129. The largest absolute Gasteiger partial charge is 0.514 e. The number of amides is 2. The van der Waals surface area contributed by atoms with Crippen molar-refractivity contribution in [2.24, 2.45) is 0 Å². The van der Waals surface area contributed by atoms with E-state index in [0.29, 0.717) is 31.5 Å². The molecule has 16 nitrogen and oxygen atoms in total. The molecular formula is C46H62ClN3O13. The number of carbonyl (C=O) groups excluding carboxylic acids is 4. The number of hydrogen-bond acceptors (Lipinski definition) is 14. The van der Waals surface area contributed by atoms with Crippen LogP contribution >= 0.6 is 11.6 Å². The molecule has 3 heterocycles. The van der Waals surface area contributed by atoms with Crippen molar-refractivity contribution in [2.45, 2.75) is 123 Å². The van der Waals surface area contributed by atoms with E-state index in [-0.39, 0.29) is 65.1 Å². The summed E-state index contributed by atoms with van der Waals surface area (Å²) < 4.78 is 47.0. The monoisotopic (exact) mass is 899 g/mol. The molecule has 3 aromatic rings. The molecule has 2 aromatic carbocycles. The Labute approximate surface area is 373 Å². The van der Waals surface area contributed by atoms with Gasteiger partial charge >= 0.3 is 24.5 Å². The van der Waals surface area contributed by atoms with Crippen molar-refractivity contribution < 1.29 is 56.8 Å². The van der Waals surface area contributed by atoms with Gasteiger partial charge in [0.2, 0.25) is 0 Å². The number of hydrogen-bond donors (Lipinski definition) is 0. The topological polar surface area (TPSA) is 173 Å². The number of carbonyl (C=O) groups is 4. The maximum absolute atomic E-state index is 14.7. The van der Waals surface area contributed by atoms with Crippen LogP contribution in [0.5, 0.6) is 11.5 Å². The van der Waals surface area contributed by atoms with Crippen LogP contribution in [0, 0.1) is 0 Å². The molecule has 2 saturated heterocycles. The highest BCUT2D eigenvalue weighted by Crippen LogP contribution is 2.45. The molecule has 2 amide bonds. The number of methoxy groups -OCH3 is 1. The molecule has 63 heavy (non-hydrogen) atoms. The zero-order chi connectivity index (χ0) is 46.4. The molecule has 0 spiro atoms. The first-order valence-electron chi connectivity index (χ1n) is 21.3. The summed E-state index contributed by atoms with van der Waals surface area (Å²) in [4.78, 5) is 74.2. The highest BCUT2D eigenvalue weighted by Gasteiger charge is 2.40. The Hall–Kier alpha value is -5.06. The fourth-order valence-electron chi connectivity index (χ4n) is 7.51. The number of rotatable bonds is 10. The molecule has 0 aliphatic carbocycles. The molecule has 17 heteroatoms. The molecule has 2 aliphatic rings. The van der Waals surface area contributed by atoms with Crippen LogP contribution in [-0.4, -0.2) is 122 Å². The van der Waals surface area contributed by atoms with E-state index in [0.717, 1.165) is 12.8 Å². The normalized spacial score (nSPS) is 18.7. The van der Waals surface area contributed by atoms with E-state index in [1.165, 1.54) is 24.1 Å². The van der Waals surface area contributed by atoms with Crippen molar-refractivity contribution in [3.8, 4) is 22.8 Å². The van der Waals surface area contributed by atoms with E-state index in [1.54, 1.807) is 91.5 Å². The predicted octanol–water partition coefficient (Wildman–Crippen LogP) is 9.40. The predicted molar refractivity (Wildman–Crippen MR) is 236 cm³/mol. The molecule has 2 fully saturated rings. The zero-order valence-corrected chi connectivity index (χ0v) is 39.0. The van der Waals surface area contributed by atoms with Crippen molar-refractivity contribution in [1.82, 2.24) is 14.7 Å². The van der Waals surface area contributed by atoms with Gasteiger partial charge in [0.15, 0.2) is 11.2 Å². The Morgan fingerprint density at radius 1 is 0.841 bits per heavy atom. The Morgan fingerprint density at radius 2 is 1.51 bits per heavy atom. The lowest BCUT2D eigenvalue weighted by Crippen LogP contribution is -2.52. The van der Waals surface area contributed by atoms with E-state index in [1.807, 2.05) is 11.9 Å². The fraction of sp³-hybridized carbons (Fsp3) is 0.587. The van der Waals surface area contributed by atoms with Crippen LogP contribution in [-0.2, 0) is 23.7 Å². The molecule has 3 atom stereocenters. The van der Waals surface area contributed by atoms with Gasteiger partial charge in [-0.25, -0.2) is 19.2 Å². The molecule has 0 saturated carbocycles. The van der Waals surface area contributed by atoms with Crippen LogP contribution in [0.4, 0.5) is 19.2 Å². The summed E-state index contributed by atoms with van der Waals surface area (Å²) in [6.45, 7) is 16.9. The van der Waals surface area contributed by atoms with Gasteiger partial charge in [0, 0.05) is 62.5 Å². The minimum atomic E-state index is -1.13.